The van der Waals surface area contributed by atoms with Crippen LogP contribution in [0.2, 0.25) is 0 Å². The van der Waals surface area contributed by atoms with Crippen molar-refractivity contribution < 1.29 is 9.47 Å². The second-order valence-electron chi connectivity index (χ2n) is 28.2. The molecule has 0 atom stereocenters. The number of hydrogen-bond acceptors (Lipinski definition) is 6. The zero-order valence-corrected chi connectivity index (χ0v) is 60.4. The molecule has 0 aliphatic carbocycles. The molecule has 14 aromatic rings. The average molecular weight is 1390 g/mol. The van der Waals surface area contributed by atoms with Gasteiger partial charge in [0.25, 0.3) is 0 Å². The summed E-state index contributed by atoms with van der Waals surface area (Å²) >= 11 is 0. The van der Waals surface area contributed by atoms with Crippen molar-refractivity contribution in [2.75, 3.05) is 13.2 Å². The largest absolute Gasteiger partial charge is 0.493 e. The van der Waals surface area contributed by atoms with Crippen LogP contribution in [0.1, 0.15) is 85.4 Å². The van der Waals surface area contributed by atoms with E-state index in [-0.39, 0.29) is 0 Å². The first-order valence-corrected chi connectivity index (χ1v) is 36.6. The van der Waals surface area contributed by atoms with Gasteiger partial charge in [-0.3, -0.25) is 0 Å². The predicted octanol–water partition coefficient (Wildman–Crippen LogP) is 24.7. The van der Waals surface area contributed by atoms with Gasteiger partial charge in [0, 0.05) is 106 Å². The van der Waals surface area contributed by atoms with Crippen molar-refractivity contribution in [1.82, 2.24) is 39.9 Å². The number of fused-ring (bicyclic) bond motifs is 16. The average Bonchev–Trinajstić information content (AvgIpc) is 1.62. The van der Waals surface area contributed by atoms with Gasteiger partial charge in [-0.2, -0.15) is 0 Å². The summed E-state index contributed by atoms with van der Waals surface area (Å²) in [5.41, 5.74) is 37.1. The summed E-state index contributed by atoms with van der Waals surface area (Å²) in [7, 11) is 0. The highest BCUT2D eigenvalue weighted by Crippen LogP contribution is 2.44. The van der Waals surface area contributed by atoms with Crippen molar-refractivity contribution in [3.63, 3.8) is 0 Å². The van der Waals surface area contributed by atoms with Gasteiger partial charge in [0.15, 0.2) is 0 Å². The van der Waals surface area contributed by atoms with Crippen LogP contribution >= 0.6 is 0 Å². The van der Waals surface area contributed by atoms with E-state index in [1.165, 1.54) is 33.4 Å². The first kappa shape index (κ1) is 65.6. The summed E-state index contributed by atoms with van der Waals surface area (Å²) in [6, 6.07) is 86.3. The smallest absolute Gasteiger partial charge is 0.127 e. The Kier molecular flexibility index (Phi) is 16.9. The van der Waals surface area contributed by atoms with Gasteiger partial charge < -0.3 is 29.4 Å². The lowest BCUT2D eigenvalue weighted by Crippen LogP contribution is -2.06. The fourth-order valence-corrected chi connectivity index (χ4v) is 15.1. The molecular formula is C97H76N8O2. The predicted molar refractivity (Wildman–Crippen MR) is 445 cm³/mol. The van der Waals surface area contributed by atoms with Crippen molar-refractivity contribution in [2.24, 2.45) is 0 Å². The molecule has 18 rings (SSSR count). The second-order valence-corrected chi connectivity index (χ2v) is 28.2. The second kappa shape index (κ2) is 27.6. The highest BCUT2D eigenvalue weighted by atomic mass is 16.5. The Hall–Kier alpha value is -13.4. The molecule has 10 heterocycles. The van der Waals surface area contributed by atoms with Gasteiger partial charge in [0.05, 0.1) is 58.8 Å². The molecule has 4 aliphatic rings. The van der Waals surface area contributed by atoms with Gasteiger partial charge in [0.2, 0.25) is 0 Å². The molecule has 8 aromatic carbocycles. The number of aromatic nitrogens is 8. The van der Waals surface area contributed by atoms with Crippen LogP contribution in [0.15, 0.2) is 243 Å². The Morgan fingerprint density at radius 1 is 0.215 bits per heavy atom. The molecule has 107 heavy (non-hydrogen) atoms. The van der Waals surface area contributed by atoms with Crippen LogP contribution in [0.3, 0.4) is 0 Å². The number of aryl methyl sites for hydroxylation is 6. The summed E-state index contributed by atoms with van der Waals surface area (Å²) in [5.74, 6) is 1.44. The molecule has 4 aliphatic heterocycles. The van der Waals surface area contributed by atoms with Gasteiger partial charge >= 0.3 is 0 Å². The van der Waals surface area contributed by atoms with Crippen molar-refractivity contribution in [1.29, 1.82) is 0 Å². The molecule has 16 bridgehead atoms. The van der Waals surface area contributed by atoms with Crippen LogP contribution in [0.4, 0.5) is 0 Å². The van der Waals surface area contributed by atoms with Gasteiger partial charge in [-0.1, -0.05) is 215 Å². The number of hydrogen-bond donors (Lipinski definition) is 4. The number of nitrogens with zero attached hydrogens (tertiary/aromatic N) is 4. The summed E-state index contributed by atoms with van der Waals surface area (Å²) < 4.78 is 14.0. The minimum Gasteiger partial charge on any atom is -0.493 e. The maximum absolute atomic E-state index is 7.01. The number of para-hydroxylation sites is 2. The molecule has 10 nitrogen and oxygen atoms in total. The quantitative estimate of drug-likeness (QED) is 0.0802. The van der Waals surface area contributed by atoms with Gasteiger partial charge in [-0.15, -0.1) is 0 Å². The standard InChI is InChI=1S/C97H76N8O2/c1-58-16-28-64(29-17-58)90-72-40-44-76(98-72)92(66-32-20-60(3)21-33-66)80-48-52-84(102-80)96(85-53-49-81(103-85)93(77-45-41-73(90)99-77)67-34-22-61(4)23-35-67)70-12-7-9-14-88(70)106-56-11-57-107-89-15-10-8-13-71(89)97-86-54-50-82(104-86)94(68-36-24-62(5)25-37-68)78-46-42-74(100-78)91(65-30-18-59(2)19-31-65)75-43-47-79(101-75)95(83-51-55-87(97)105-83)69-38-26-63(6)27-39-69/h7-10,12-55,98,100,103,105H,11,56-57H2,1-6H3. The van der Waals surface area contributed by atoms with Crippen LogP contribution in [0.25, 0.3) is 182 Å². The lowest BCUT2D eigenvalue weighted by atomic mass is 10.0. The minimum absolute atomic E-state index is 0.363. The van der Waals surface area contributed by atoms with Crippen LogP contribution in [-0.4, -0.2) is 53.1 Å². The summed E-state index contributed by atoms with van der Waals surface area (Å²) in [5, 5.41) is 0. The number of H-pyrrole nitrogens is 4. The Morgan fingerprint density at radius 2 is 0.402 bits per heavy atom. The lowest BCUT2D eigenvalue weighted by Gasteiger charge is -2.15. The molecule has 6 aromatic heterocycles. The van der Waals surface area contributed by atoms with Crippen molar-refractivity contribution >= 4 is 92.7 Å². The third-order valence-electron chi connectivity index (χ3n) is 20.7. The van der Waals surface area contributed by atoms with E-state index in [4.69, 9.17) is 29.4 Å². The third-order valence-corrected chi connectivity index (χ3v) is 20.7. The summed E-state index contributed by atoms with van der Waals surface area (Å²) in [4.78, 5) is 38.1. The molecule has 0 unspecified atom stereocenters. The highest BCUT2D eigenvalue weighted by molar-refractivity contribution is 6.03. The third kappa shape index (κ3) is 12.7. The van der Waals surface area contributed by atoms with Crippen molar-refractivity contribution in [3.05, 3.63) is 322 Å². The van der Waals surface area contributed by atoms with E-state index in [9.17, 15) is 0 Å². The van der Waals surface area contributed by atoms with E-state index in [0.717, 1.165) is 190 Å². The zero-order chi connectivity index (χ0) is 72.2. The molecule has 0 fully saturated rings. The molecule has 0 saturated carbocycles. The van der Waals surface area contributed by atoms with Gasteiger partial charge in [-0.25, -0.2) is 19.9 Å². The lowest BCUT2D eigenvalue weighted by molar-refractivity contribution is 0.248. The van der Waals surface area contributed by atoms with Gasteiger partial charge in [-0.05, 0) is 184 Å². The first-order chi connectivity index (χ1) is 52.4. The molecule has 516 valence electrons. The van der Waals surface area contributed by atoms with Crippen LogP contribution in [0.5, 0.6) is 11.5 Å². The summed E-state index contributed by atoms with van der Waals surface area (Å²) in [6.07, 6.45) is 17.8. The fraction of sp³-hybridized carbons (Fsp3) is 0.0928. The van der Waals surface area contributed by atoms with Crippen LogP contribution < -0.4 is 9.47 Å². The molecule has 0 radical (unpaired) electrons. The van der Waals surface area contributed by atoms with Crippen molar-refractivity contribution in [2.45, 2.75) is 48.0 Å². The first-order valence-electron chi connectivity index (χ1n) is 36.6. The van der Waals surface area contributed by atoms with E-state index in [1.807, 2.05) is 12.1 Å². The molecule has 4 N–H and O–H groups in total. The van der Waals surface area contributed by atoms with E-state index < -0.39 is 0 Å². The monoisotopic (exact) mass is 1380 g/mol. The topological polar surface area (TPSA) is 133 Å². The number of benzene rings is 8. The Balaban J connectivity index is 0.743. The number of nitrogens with one attached hydrogen (secondary N) is 4. The number of ether oxygens (including phenoxy) is 2. The molecule has 10 heteroatoms. The normalized spacial score (nSPS) is 12.2. The molecular weight excluding hydrogens is 1310 g/mol. The highest BCUT2D eigenvalue weighted by Gasteiger charge is 2.24. The van der Waals surface area contributed by atoms with E-state index in [0.29, 0.717) is 19.6 Å². The fourth-order valence-electron chi connectivity index (χ4n) is 15.1. The SMILES string of the molecule is Cc1ccc(-c2c3nc(c(-c4ccc(C)cc4)c4ccc([nH]4)c(-c4ccccc4OCCCOc4ccccc4-c4c5nc(c(-c6ccc(C)cc6)c6ccc([nH]6)c(-c6ccc(C)cc6)c6nc(c(-c7ccc(C)cc7)c7ccc4[nH]7)C=C6)C=C5)c4nc(c(-c5ccc(C)cc5)c5ccc2[nH]5)C=C4)C=C3)cc1. The Bertz CT molecular complexity index is 5880. The van der Waals surface area contributed by atoms with Crippen molar-refractivity contribution in [3.8, 4) is 101 Å². The molecule has 0 saturated heterocycles. The maximum Gasteiger partial charge on any atom is 0.127 e. The van der Waals surface area contributed by atoms with E-state index >= 15 is 0 Å². The zero-order valence-electron chi connectivity index (χ0n) is 60.4. The molecule has 0 amide bonds. The van der Waals surface area contributed by atoms with E-state index in [2.05, 4.69) is 341 Å². The molecule has 0 spiro atoms. The van der Waals surface area contributed by atoms with Gasteiger partial charge in [0.1, 0.15) is 11.5 Å². The minimum atomic E-state index is 0.363. The number of aromatic amines is 4. The van der Waals surface area contributed by atoms with Crippen LogP contribution in [0, 0.1) is 41.5 Å². The Morgan fingerprint density at radius 3 is 0.617 bits per heavy atom. The summed E-state index contributed by atoms with van der Waals surface area (Å²) in [6.45, 7) is 13.5. The number of rotatable bonds is 14. The van der Waals surface area contributed by atoms with Crippen LogP contribution in [-0.2, 0) is 0 Å². The Labute approximate surface area is 621 Å². The van der Waals surface area contributed by atoms with E-state index in [1.54, 1.807) is 0 Å². The maximum atomic E-state index is 7.01.